The minimum atomic E-state index is -1.13. The zero-order valence-electron chi connectivity index (χ0n) is 15.0. The van der Waals surface area contributed by atoms with E-state index in [1.807, 2.05) is 48.5 Å². The highest BCUT2D eigenvalue weighted by Gasteiger charge is 2.83. The van der Waals surface area contributed by atoms with E-state index in [1.54, 1.807) is 19.2 Å². The maximum atomic E-state index is 13.5. The van der Waals surface area contributed by atoms with Crippen LogP contribution in [0.15, 0.2) is 72.8 Å². The van der Waals surface area contributed by atoms with Crippen LogP contribution in [0.3, 0.4) is 0 Å². The summed E-state index contributed by atoms with van der Waals surface area (Å²) in [7, 11) is 1.62. The molecule has 0 spiro atoms. The quantitative estimate of drug-likeness (QED) is 0.485. The molecule has 5 heteroatoms. The number of hydrogen-bond acceptors (Lipinski definition) is 2. The molecule has 3 atom stereocenters. The molecule has 0 aromatic heterocycles. The van der Waals surface area contributed by atoms with E-state index in [1.165, 1.54) is 12.1 Å². The second-order valence-corrected chi connectivity index (χ2v) is 8.62. The Hall–Kier alpha value is -2.23. The molecule has 2 nitrogen and oxygen atoms in total. The Morgan fingerprint density at radius 1 is 0.929 bits per heavy atom. The van der Waals surface area contributed by atoms with Crippen molar-refractivity contribution in [2.45, 2.75) is 15.9 Å². The number of fused-ring (bicyclic) bond motifs is 2. The first-order valence-electron chi connectivity index (χ1n) is 9.05. The number of halogens is 3. The minimum Gasteiger partial charge on any atom is -0.497 e. The van der Waals surface area contributed by atoms with Crippen LogP contribution >= 0.6 is 23.2 Å². The van der Waals surface area contributed by atoms with Gasteiger partial charge in [-0.3, -0.25) is 0 Å². The van der Waals surface area contributed by atoms with Crippen LogP contribution in [0.5, 0.6) is 11.5 Å². The molecule has 1 heterocycles. The lowest BCUT2D eigenvalue weighted by Gasteiger charge is -2.31. The molecule has 0 N–H and O–H groups in total. The predicted octanol–water partition coefficient (Wildman–Crippen LogP) is 6.06. The molecule has 0 radical (unpaired) electrons. The highest BCUT2D eigenvalue weighted by atomic mass is 35.5. The van der Waals surface area contributed by atoms with Crippen LogP contribution in [0.25, 0.3) is 0 Å². The first kappa shape index (κ1) is 17.8. The molecule has 0 amide bonds. The summed E-state index contributed by atoms with van der Waals surface area (Å²) in [5.41, 5.74) is 1.98. The SMILES string of the molecule is COc1ccc(C23Oc4ccccc4C(c4ccc(F)cc4)C2C3(Cl)Cl)cc1. The van der Waals surface area contributed by atoms with E-state index in [9.17, 15) is 4.39 Å². The second-order valence-electron chi connectivity index (χ2n) is 7.23. The van der Waals surface area contributed by atoms with Gasteiger partial charge in [-0.1, -0.05) is 65.7 Å². The monoisotopic (exact) mass is 414 g/mol. The highest BCUT2D eigenvalue weighted by molar-refractivity contribution is 6.52. The van der Waals surface area contributed by atoms with E-state index in [4.69, 9.17) is 32.7 Å². The first-order valence-corrected chi connectivity index (χ1v) is 9.80. The van der Waals surface area contributed by atoms with Gasteiger partial charge in [0.2, 0.25) is 0 Å². The predicted molar refractivity (Wildman–Crippen MR) is 108 cm³/mol. The molecular formula is C23H17Cl2FO2. The van der Waals surface area contributed by atoms with Gasteiger partial charge < -0.3 is 9.47 Å². The molecule has 2 aliphatic rings. The molecular weight excluding hydrogens is 398 g/mol. The van der Waals surface area contributed by atoms with E-state index in [2.05, 4.69) is 0 Å². The van der Waals surface area contributed by atoms with Crippen molar-refractivity contribution >= 4 is 23.2 Å². The maximum Gasteiger partial charge on any atom is 0.174 e. The number of hydrogen-bond donors (Lipinski definition) is 0. The summed E-state index contributed by atoms with van der Waals surface area (Å²) in [5.74, 6) is 0.898. The van der Waals surface area contributed by atoms with Gasteiger partial charge in [-0.25, -0.2) is 4.39 Å². The van der Waals surface area contributed by atoms with Gasteiger partial charge in [-0.15, -0.1) is 0 Å². The van der Waals surface area contributed by atoms with Gasteiger partial charge in [-0.05, 0) is 41.5 Å². The van der Waals surface area contributed by atoms with Crippen LogP contribution in [-0.4, -0.2) is 11.4 Å². The third-order valence-electron chi connectivity index (χ3n) is 5.85. The lowest BCUT2D eigenvalue weighted by atomic mass is 9.82. The zero-order chi connectivity index (χ0) is 19.5. The lowest BCUT2D eigenvalue weighted by molar-refractivity contribution is 0.137. The van der Waals surface area contributed by atoms with Gasteiger partial charge >= 0.3 is 0 Å². The van der Waals surface area contributed by atoms with Gasteiger partial charge in [0.05, 0.1) is 13.0 Å². The Labute approximate surface area is 172 Å². The fourth-order valence-corrected chi connectivity index (χ4v) is 5.46. The fourth-order valence-electron chi connectivity index (χ4n) is 4.48. The Morgan fingerprint density at radius 3 is 2.29 bits per heavy atom. The van der Waals surface area contributed by atoms with Gasteiger partial charge in [0.15, 0.2) is 9.93 Å². The number of para-hydroxylation sites is 1. The van der Waals surface area contributed by atoms with E-state index in [0.717, 1.165) is 28.2 Å². The Bertz CT molecular complexity index is 1030. The molecule has 3 aromatic carbocycles. The van der Waals surface area contributed by atoms with Crippen molar-refractivity contribution in [1.29, 1.82) is 0 Å². The van der Waals surface area contributed by atoms with Crippen molar-refractivity contribution in [2.24, 2.45) is 5.92 Å². The van der Waals surface area contributed by atoms with E-state index >= 15 is 0 Å². The second kappa shape index (κ2) is 6.13. The summed E-state index contributed by atoms with van der Waals surface area (Å²) in [6.45, 7) is 0. The summed E-state index contributed by atoms with van der Waals surface area (Å²) < 4.78 is 24.1. The molecule has 5 rings (SSSR count). The van der Waals surface area contributed by atoms with Crippen molar-refractivity contribution in [3.05, 3.63) is 95.3 Å². The van der Waals surface area contributed by atoms with Crippen LogP contribution < -0.4 is 9.47 Å². The van der Waals surface area contributed by atoms with Crippen LogP contribution in [0.1, 0.15) is 22.6 Å². The standard InChI is InChI=1S/C23H17Cl2FO2/c1-27-17-12-8-15(9-13-17)22-21(23(22,24)25)20(14-6-10-16(26)11-7-14)18-4-2-3-5-19(18)28-22/h2-13,20-21H,1H3. The van der Waals surface area contributed by atoms with Crippen LogP contribution in [0.4, 0.5) is 4.39 Å². The largest absolute Gasteiger partial charge is 0.497 e. The Balaban J connectivity index is 1.69. The molecule has 3 unspecified atom stereocenters. The van der Waals surface area contributed by atoms with Gasteiger partial charge in [-0.2, -0.15) is 0 Å². The normalized spacial score (nSPS) is 26.6. The molecule has 0 bridgehead atoms. The zero-order valence-corrected chi connectivity index (χ0v) is 16.5. The Kier molecular flexibility index (Phi) is 3.91. The molecule has 0 saturated heterocycles. The molecule has 1 aliphatic heterocycles. The number of rotatable bonds is 3. The van der Waals surface area contributed by atoms with Crippen molar-refractivity contribution in [3.63, 3.8) is 0 Å². The van der Waals surface area contributed by atoms with E-state index in [0.29, 0.717) is 0 Å². The highest BCUT2D eigenvalue weighted by Crippen LogP contribution is 2.77. The minimum absolute atomic E-state index is 0.109. The van der Waals surface area contributed by atoms with Crippen molar-refractivity contribution in [3.8, 4) is 11.5 Å². The van der Waals surface area contributed by atoms with Crippen LogP contribution in [0, 0.1) is 11.7 Å². The molecule has 1 fully saturated rings. The van der Waals surface area contributed by atoms with E-state index < -0.39 is 9.93 Å². The van der Waals surface area contributed by atoms with Crippen molar-refractivity contribution < 1.29 is 13.9 Å². The smallest absolute Gasteiger partial charge is 0.174 e. The van der Waals surface area contributed by atoms with Gasteiger partial charge in [0.1, 0.15) is 17.3 Å². The molecule has 1 saturated carbocycles. The van der Waals surface area contributed by atoms with Crippen molar-refractivity contribution in [1.82, 2.24) is 0 Å². The first-order chi connectivity index (χ1) is 13.5. The van der Waals surface area contributed by atoms with Gasteiger partial charge in [0.25, 0.3) is 0 Å². The molecule has 3 aromatic rings. The Morgan fingerprint density at radius 2 is 1.61 bits per heavy atom. The number of benzene rings is 3. The number of alkyl halides is 2. The molecule has 28 heavy (non-hydrogen) atoms. The van der Waals surface area contributed by atoms with Gasteiger partial charge in [0, 0.05) is 11.5 Å². The average molecular weight is 415 g/mol. The number of methoxy groups -OCH3 is 1. The number of ether oxygens (including phenoxy) is 2. The maximum absolute atomic E-state index is 13.5. The van der Waals surface area contributed by atoms with Crippen LogP contribution in [0.2, 0.25) is 0 Å². The summed E-state index contributed by atoms with van der Waals surface area (Å²) >= 11 is 13.8. The third-order valence-corrected chi connectivity index (χ3v) is 6.88. The topological polar surface area (TPSA) is 18.5 Å². The summed E-state index contributed by atoms with van der Waals surface area (Å²) in [6, 6.07) is 22.0. The summed E-state index contributed by atoms with van der Waals surface area (Å²) in [6.07, 6.45) is 0. The lowest BCUT2D eigenvalue weighted by Crippen LogP contribution is -2.28. The van der Waals surface area contributed by atoms with Crippen LogP contribution in [-0.2, 0) is 5.60 Å². The van der Waals surface area contributed by atoms with Crippen molar-refractivity contribution in [2.75, 3.05) is 7.11 Å². The fraction of sp³-hybridized carbons (Fsp3) is 0.217. The summed E-state index contributed by atoms with van der Waals surface area (Å²) in [5, 5.41) is 0. The molecule has 1 aliphatic carbocycles. The molecule has 142 valence electrons. The average Bonchev–Trinajstić information content (AvgIpc) is 3.23. The van der Waals surface area contributed by atoms with E-state index in [-0.39, 0.29) is 17.7 Å². The third kappa shape index (κ3) is 2.33. The summed E-state index contributed by atoms with van der Waals surface area (Å²) in [4.78, 5) is 0.